The van der Waals surface area contributed by atoms with Crippen LogP contribution in [-0.2, 0) is 6.61 Å². The topological polar surface area (TPSA) is 69.5 Å². The Labute approximate surface area is 95.5 Å². The minimum atomic E-state index is -4.38. The number of aromatic nitrogens is 2. The van der Waals surface area contributed by atoms with Gasteiger partial charge in [-0.2, -0.15) is 13.2 Å². The smallest absolute Gasteiger partial charge is 0.395 e. The lowest BCUT2D eigenvalue weighted by molar-refractivity contribution is -0.120. The molecule has 2 N–H and O–H groups in total. The highest BCUT2D eigenvalue weighted by Gasteiger charge is 2.31. The number of rotatable bonds is 5. The molecule has 0 radical (unpaired) electrons. The third-order valence-corrected chi connectivity index (χ3v) is 1.92. The van der Waals surface area contributed by atoms with Crippen molar-refractivity contribution in [1.82, 2.24) is 9.97 Å². The average Bonchev–Trinajstić information content (AvgIpc) is 2.27. The molecule has 0 spiro atoms. The second kappa shape index (κ2) is 5.78. The molecule has 0 aliphatic carbocycles. The van der Waals surface area contributed by atoms with Crippen LogP contribution < -0.4 is 4.90 Å². The average molecular weight is 251 g/mol. The van der Waals surface area contributed by atoms with Crippen LogP contribution in [0.2, 0.25) is 0 Å². The summed E-state index contributed by atoms with van der Waals surface area (Å²) in [5.41, 5.74) is 0.268. The van der Waals surface area contributed by atoms with Crippen molar-refractivity contribution in [1.29, 1.82) is 0 Å². The molecular weight excluding hydrogens is 239 g/mol. The molecule has 5 nitrogen and oxygen atoms in total. The standard InChI is InChI=1S/C9H12F3N3O2/c10-9(11,12)6-15(1-2-16)8-4-13-7(5-17)3-14-8/h3-4,16-17H,1-2,5-6H2. The van der Waals surface area contributed by atoms with E-state index in [1.54, 1.807) is 0 Å². The maximum atomic E-state index is 12.2. The van der Waals surface area contributed by atoms with Crippen LogP contribution in [0.25, 0.3) is 0 Å². The van der Waals surface area contributed by atoms with Gasteiger partial charge in [0.25, 0.3) is 0 Å². The zero-order valence-corrected chi connectivity index (χ0v) is 8.85. The molecule has 1 heterocycles. The van der Waals surface area contributed by atoms with E-state index in [0.29, 0.717) is 0 Å². The molecule has 17 heavy (non-hydrogen) atoms. The van der Waals surface area contributed by atoms with E-state index in [4.69, 9.17) is 10.2 Å². The van der Waals surface area contributed by atoms with Gasteiger partial charge in [0.2, 0.25) is 0 Å². The van der Waals surface area contributed by atoms with E-state index < -0.39 is 19.3 Å². The molecule has 0 saturated heterocycles. The molecule has 0 bridgehead atoms. The van der Waals surface area contributed by atoms with Gasteiger partial charge in [0.1, 0.15) is 12.4 Å². The first-order valence-corrected chi connectivity index (χ1v) is 4.80. The highest BCUT2D eigenvalue weighted by molar-refractivity contribution is 5.36. The van der Waals surface area contributed by atoms with Gasteiger partial charge in [-0.1, -0.05) is 0 Å². The summed E-state index contributed by atoms with van der Waals surface area (Å²) >= 11 is 0. The van der Waals surface area contributed by atoms with Gasteiger partial charge in [-0.3, -0.25) is 4.98 Å². The van der Waals surface area contributed by atoms with Gasteiger partial charge >= 0.3 is 6.18 Å². The van der Waals surface area contributed by atoms with Crippen LogP contribution in [0.5, 0.6) is 0 Å². The number of nitrogens with zero attached hydrogens (tertiary/aromatic N) is 3. The summed E-state index contributed by atoms with van der Waals surface area (Å²) in [6.45, 7) is -2.14. The van der Waals surface area contributed by atoms with Gasteiger partial charge in [-0.25, -0.2) is 4.98 Å². The second-order valence-electron chi connectivity index (χ2n) is 3.28. The third kappa shape index (κ3) is 4.53. The van der Waals surface area contributed by atoms with Crippen LogP contribution in [0.3, 0.4) is 0 Å². The normalized spacial score (nSPS) is 11.6. The Morgan fingerprint density at radius 1 is 1.18 bits per heavy atom. The fourth-order valence-electron chi connectivity index (χ4n) is 1.20. The quantitative estimate of drug-likeness (QED) is 0.789. The molecule has 0 saturated carbocycles. The Kier molecular flexibility index (Phi) is 4.64. The summed E-state index contributed by atoms with van der Waals surface area (Å²) in [5.74, 6) is 0.00794. The fraction of sp³-hybridized carbons (Fsp3) is 0.556. The van der Waals surface area contributed by atoms with Crippen LogP contribution in [0, 0.1) is 0 Å². The lowest BCUT2D eigenvalue weighted by atomic mass is 10.4. The van der Waals surface area contributed by atoms with Crippen molar-refractivity contribution in [3.05, 3.63) is 18.1 Å². The first kappa shape index (κ1) is 13.7. The Morgan fingerprint density at radius 3 is 2.29 bits per heavy atom. The Balaban J connectivity index is 2.81. The highest BCUT2D eigenvalue weighted by atomic mass is 19.4. The molecular formula is C9H12F3N3O2. The minimum absolute atomic E-state index is 0.00794. The fourth-order valence-corrected chi connectivity index (χ4v) is 1.20. The number of halogens is 3. The van der Waals surface area contributed by atoms with Crippen molar-refractivity contribution in [3.8, 4) is 0 Å². The van der Waals surface area contributed by atoms with Crippen LogP contribution in [0.4, 0.5) is 19.0 Å². The Hall–Kier alpha value is -1.41. The molecule has 1 aromatic rings. The van der Waals surface area contributed by atoms with Gasteiger partial charge in [0, 0.05) is 6.54 Å². The molecule has 1 rings (SSSR count). The summed E-state index contributed by atoms with van der Waals surface area (Å²) in [7, 11) is 0. The first-order valence-electron chi connectivity index (χ1n) is 4.80. The molecule has 0 amide bonds. The Morgan fingerprint density at radius 2 is 1.88 bits per heavy atom. The SMILES string of the molecule is OCCN(CC(F)(F)F)c1cnc(CO)cn1. The number of alkyl halides is 3. The maximum absolute atomic E-state index is 12.2. The summed E-state index contributed by atoms with van der Waals surface area (Å²) in [5, 5.41) is 17.4. The lowest BCUT2D eigenvalue weighted by Gasteiger charge is -2.23. The van der Waals surface area contributed by atoms with Crippen LogP contribution in [0.15, 0.2) is 12.4 Å². The molecule has 1 aromatic heterocycles. The van der Waals surface area contributed by atoms with Crippen molar-refractivity contribution in [3.63, 3.8) is 0 Å². The molecule has 96 valence electrons. The summed E-state index contributed by atoms with van der Waals surface area (Å²) in [4.78, 5) is 8.34. The number of hydrogen-bond donors (Lipinski definition) is 2. The number of hydrogen-bond acceptors (Lipinski definition) is 5. The van der Waals surface area contributed by atoms with Gasteiger partial charge in [0.05, 0.1) is 31.3 Å². The summed E-state index contributed by atoms with van der Waals surface area (Å²) in [6.07, 6.45) is -2.06. The van der Waals surface area contributed by atoms with E-state index in [2.05, 4.69) is 9.97 Å². The van der Waals surface area contributed by atoms with Gasteiger partial charge in [-0.15, -0.1) is 0 Å². The number of anilines is 1. The minimum Gasteiger partial charge on any atom is -0.395 e. The first-order chi connectivity index (χ1) is 7.96. The second-order valence-corrected chi connectivity index (χ2v) is 3.28. The monoisotopic (exact) mass is 251 g/mol. The summed E-state index contributed by atoms with van der Waals surface area (Å²) in [6, 6.07) is 0. The van der Waals surface area contributed by atoms with E-state index in [9.17, 15) is 13.2 Å². The van der Waals surface area contributed by atoms with E-state index >= 15 is 0 Å². The van der Waals surface area contributed by atoms with Gasteiger partial charge in [-0.05, 0) is 0 Å². The molecule has 0 aliphatic rings. The van der Waals surface area contributed by atoms with E-state index in [0.717, 1.165) is 11.1 Å². The molecule has 0 atom stereocenters. The lowest BCUT2D eigenvalue weighted by Crippen LogP contribution is -2.36. The predicted octanol–water partition coefficient (Wildman–Crippen LogP) is 0.330. The molecule has 0 aromatic carbocycles. The highest BCUT2D eigenvalue weighted by Crippen LogP contribution is 2.19. The van der Waals surface area contributed by atoms with Gasteiger partial charge < -0.3 is 15.1 Å². The van der Waals surface area contributed by atoms with E-state index in [-0.39, 0.29) is 24.7 Å². The van der Waals surface area contributed by atoms with Gasteiger partial charge in [0.15, 0.2) is 0 Å². The predicted molar refractivity (Wildman–Crippen MR) is 53.3 cm³/mol. The molecule has 0 fully saturated rings. The van der Waals surface area contributed by atoms with Crippen molar-refractivity contribution >= 4 is 5.82 Å². The maximum Gasteiger partial charge on any atom is 0.405 e. The summed E-state index contributed by atoms with van der Waals surface area (Å²) < 4.78 is 36.7. The number of aliphatic hydroxyl groups excluding tert-OH is 2. The molecule has 0 aliphatic heterocycles. The van der Waals surface area contributed by atoms with Crippen molar-refractivity contribution in [2.24, 2.45) is 0 Å². The van der Waals surface area contributed by atoms with Crippen LogP contribution in [0.1, 0.15) is 5.69 Å². The van der Waals surface area contributed by atoms with Crippen LogP contribution in [-0.4, -0.2) is 46.1 Å². The molecule has 8 heteroatoms. The third-order valence-electron chi connectivity index (χ3n) is 1.92. The number of aliphatic hydroxyl groups is 2. The largest absolute Gasteiger partial charge is 0.405 e. The van der Waals surface area contributed by atoms with E-state index in [1.165, 1.54) is 6.20 Å². The van der Waals surface area contributed by atoms with Crippen molar-refractivity contribution in [2.75, 3.05) is 24.6 Å². The van der Waals surface area contributed by atoms with Crippen molar-refractivity contribution < 1.29 is 23.4 Å². The van der Waals surface area contributed by atoms with Crippen LogP contribution >= 0.6 is 0 Å². The zero-order valence-electron chi connectivity index (χ0n) is 8.85. The zero-order chi connectivity index (χ0) is 12.9. The Bertz CT molecular complexity index is 342. The van der Waals surface area contributed by atoms with Crippen molar-refractivity contribution in [2.45, 2.75) is 12.8 Å². The molecule has 0 unspecified atom stereocenters. The van der Waals surface area contributed by atoms with E-state index in [1.807, 2.05) is 0 Å².